The normalized spacial score (nSPS) is 12.4. The molecule has 2 rings (SSSR count). The van der Waals surface area contributed by atoms with Crippen LogP contribution in [0.25, 0.3) is 0 Å². The molecule has 1 aromatic heterocycles. The number of aromatic nitrogens is 2. The van der Waals surface area contributed by atoms with Gasteiger partial charge in [-0.1, -0.05) is 29.5 Å². The summed E-state index contributed by atoms with van der Waals surface area (Å²) in [7, 11) is 3.67. The molecule has 0 aliphatic heterocycles. The molecule has 1 aromatic carbocycles. The number of nitrogens with one attached hydrogen (secondary N) is 1. The highest BCUT2D eigenvalue weighted by atomic mass is 32.2. The van der Waals surface area contributed by atoms with Gasteiger partial charge in [-0.15, -0.1) is 0 Å². The van der Waals surface area contributed by atoms with Crippen molar-refractivity contribution < 1.29 is 4.74 Å². The van der Waals surface area contributed by atoms with Gasteiger partial charge >= 0.3 is 0 Å². The summed E-state index contributed by atoms with van der Waals surface area (Å²) in [6.45, 7) is 2.09. The first-order valence-corrected chi connectivity index (χ1v) is 7.71. The average molecular weight is 295 g/mol. The van der Waals surface area contributed by atoms with Gasteiger partial charge in [-0.3, -0.25) is 0 Å². The molecule has 0 saturated heterocycles. The topological polar surface area (TPSA) is 47.0 Å². The number of thioether (sulfide) groups is 1. The van der Waals surface area contributed by atoms with Gasteiger partial charge < -0.3 is 10.1 Å². The first-order valence-electron chi connectivity index (χ1n) is 5.96. The fourth-order valence-electron chi connectivity index (χ4n) is 1.84. The first-order chi connectivity index (χ1) is 9.24. The van der Waals surface area contributed by atoms with Gasteiger partial charge in [0, 0.05) is 17.4 Å². The number of hydrogen-bond donors (Lipinski definition) is 1. The molecule has 6 heteroatoms. The van der Waals surface area contributed by atoms with Crippen LogP contribution in [0.2, 0.25) is 0 Å². The van der Waals surface area contributed by atoms with E-state index in [2.05, 4.69) is 33.7 Å². The van der Waals surface area contributed by atoms with Crippen molar-refractivity contribution in [2.24, 2.45) is 0 Å². The van der Waals surface area contributed by atoms with Crippen LogP contribution in [-0.2, 0) is 0 Å². The molecule has 0 radical (unpaired) electrons. The Kier molecular flexibility index (Phi) is 5.18. The Morgan fingerprint density at radius 1 is 1.47 bits per heavy atom. The Morgan fingerprint density at radius 3 is 2.95 bits per heavy atom. The summed E-state index contributed by atoms with van der Waals surface area (Å²) in [5, 5.41) is 3.34. The monoisotopic (exact) mass is 295 g/mol. The number of aryl methyl sites for hydroxylation is 1. The zero-order valence-electron chi connectivity index (χ0n) is 11.2. The number of ether oxygens (including phenoxy) is 1. The van der Waals surface area contributed by atoms with Gasteiger partial charge in [0.1, 0.15) is 12.1 Å². The van der Waals surface area contributed by atoms with Crippen LogP contribution in [0.1, 0.15) is 17.2 Å². The molecule has 2 aromatic rings. The molecule has 0 aliphatic carbocycles. The summed E-state index contributed by atoms with van der Waals surface area (Å²) < 4.78 is 10.4. The van der Waals surface area contributed by atoms with Gasteiger partial charge in [-0.2, -0.15) is 4.37 Å². The maximum atomic E-state index is 5.45. The van der Waals surface area contributed by atoms with Crippen LogP contribution < -0.4 is 10.1 Å². The first kappa shape index (κ1) is 14.3. The second-order valence-electron chi connectivity index (χ2n) is 4.10. The van der Waals surface area contributed by atoms with Crippen molar-refractivity contribution in [2.75, 3.05) is 19.9 Å². The summed E-state index contributed by atoms with van der Waals surface area (Å²) in [5.41, 5.74) is 2.42. The smallest absolute Gasteiger partial charge is 0.169 e. The second-order valence-corrected chi connectivity index (χ2v) is 6.15. The Morgan fingerprint density at radius 2 is 2.32 bits per heavy atom. The van der Waals surface area contributed by atoms with Crippen molar-refractivity contribution in [1.82, 2.24) is 14.7 Å². The molecule has 0 spiro atoms. The molecule has 0 saturated carbocycles. The Balaban J connectivity index is 2.14. The average Bonchev–Trinajstić information content (AvgIpc) is 2.93. The third kappa shape index (κ3) is 3.68. The maximum absolute atomic E-state index is 5.45. The van der Waals surface area contributed by atoms with E-state index in [0.717, 1.165) is 15.8 Å². The van der Waals surface area contributed by atoms with E-state index in [9.17, 15) is 0 Å². The van der Waals surface area contributed by atoms with E-state index in [0.29, 0.717) is 0 Å². The molecule has 1 N–H and O–H groups in total. The van der Waals surface area contributed by atoms with Crippen LogP contribution >= 0.6 is 23.3 Å². The molecular formula is C13H17N3OS2. The molecule has 0 aliphatic rings. The van der Waals surface area contributed by atoms with Gasteiger partial charge in [-0.05, 0) is 31.6 Å². The van der Waals surface area contributed by atoms with Crippen LogP contribution in [-0.4, -0.2) is 29.3 Å². The van der Waals surface area contributed by atoms with E-state index in [1.54, 1.807) is 25.2 Å². The van der Waals surface area contributed by atoms with Crippen molar-refractivity contribution in [1.29, 1.82) is 0 Å². The van der Waals surface area contributed by atoms with E-state index in [4.69, 9.17) is 4.74 Å². The van der Waals surface area contributed by atoms with Crippen LogP contribution in [0.4, 0.5) is 0 Å². The standard InChI is InChI=1S/C13H17N3OS2/c1-9-4-5-12(17-3)10(6-9)11(14-2)7-18-13-15-8-16-19-13/h4-6,8,11,14H,7H2,1-3H3. The summed E-state index contributed by atoms with van der Waals surface area (Å²) >= 11 is 3.13. The Hall–Kier alpha value is -1.11. The van der Waals surface area contributed by atoms with Gasteiger partial charge in [0.25, 0.3) is 0 Å². The quantitative estimate of drug-likeness (QED) is 0.830. The lowest BCUT2D eigenvalue weighted by Gasteiger charge is -2.19. The third-order valence-electron chi connectivity index (χ3n) is 2.82. The molecule has 19 heavy (non-hydrogen) atoms. The molecule has 0 bridgehead atoms. The van der Waals surface area contributed by atoms with Gasteiger partial charge in [-0.25, -0.2) is 4.98 Å². The third-order valence-corrected chi connectivity index (χ3v) is 4.71. The highest BCUT2D eigenvalue weighted by Gasteiger charge is 2.15. The number of benzene rings is 1. The SMILES string of the molecule is CNC(CSc1ncns1)c1cc(C)ccc1OC. The molecule has 1 unspecified atom stereocenters. The molecule has 1 heterocycles. The van der Waals surface area contributed by atoms with Gasteiger partial charge in [0.05, 0.1) is 7.11 Å². The summed E-state index contributed by atoms with van der Waals surface area (Å²) in [5.74, 6) is 1.81. The number of nitrogens with zero attached hydrogens (tertiary/aromatic N) is 2. The Bertz CT molecular complexity index is 517. The van der Waals surface area contributed by atoms with Crippen molar-refractivity contribution in [3.05, 3.63) is 35.7 Å². The molecule has 1 atom stereocenters. The van der Waals surface area contributed by atoms with Crippen molar-refractivity contribution in [3.8, 4) is 5.75 Å². The zero-order chi connectivity index (χ0) is 13.7. The van der Waals surface area contributed by atoms with Crippen molar-refractivity contribution in [3.63, 3.8) is 0 Å². The van der Waals surface area contributed by atoms with E-state index in [1.807, 2.05) is 13.1 Å². The lowest BCUT2D eigenvalue weighted by atomic mass is 10.0. The van der Waals surface area contributed by atoms with E-state index >= 15 is 0 Å². The zero-order valence-corrected chi connectivity index (χ0v) is 12.8. The van der Waals surface area contributed by atoms with Crippen LogP contribution in [0.5, 0.6) is 5.75 Å². The highest BCUT2D eigenvalue weighted by Crippen LogP contribution is 2.30. The number of rotatable bonds is 6. The molecular weight excluding hydrogens is 278 g/mol. The van der Waals surface area contributed by atoms with Gasteiger partial charge in [0.15, 0.2) is 4.34 Å². The summed E-state index contributed by atoms with van der Waals surface area (Å²) in [6.07, 6.45) is 1.59. The minimum Gasteiger partial charge on any atom is -0.496 e. The molecule has 0 fully saturated rings. The second kappa shape index (κ2) is 6.88. The summed E-state index contributed by atoms with van der Waals surface area (Å²) in [6, 6.07) is 6.47. The van der Waals surface area contributed by atoms with E-state index < -0.39 is 0 Å². The highest BCUT2D eigenvalue weighted by molar-refractivity contribution is 8.00. The predicted molar refractivity (Wildman–Crippen MR) is 80.2 cm³/mol. The number of hydrogen-bond acceptors (Lipinski definition) is 6. The fraction of sp³-hybridized carbons (Fsp3) is 0.385. The molecule has 4 nitrogen and oxygen atoms in total. The lowest BCUT2D eigenvalue weighted by Crippen LogP contribution is -2.19. The molecule has 102 valence electrons. The van der Waals surface area contributed by atoms with E-state index in [1.165, 1.54) is 22.7 Å². The van der Waals surface area contributed by atoms with Crippen molar-refractivity contribution >= 4 is 23.3 Å². The largest absolute Gasteiger partial charge is 0.496 e. The van der Waals surface area contributed by atoms with Crippen LogP contribution in [0.3, 0.4) is 0 Å². The fourth-order valence-corrected chi connectivity index (χ4v) is 3.44. The van der Waals surface area contributed by atoms with Crippen molar-refractivity contribution in [2.45, 2.75) is 17.3 Å². The van der Waals surface area contributed by atoms with E-state index in [-0.39, 0.29) is 6.04 Å². The maximum Gasteiger partial charge on any atom is 0.169 e. The van der Waals surface area contributed by atoms with Gasteiger partial charge in [0.2, 0.25) is 0 Å². The molecule has 0 amide bonds. The minimum atomic E-state index is 0.226. The summed E-state index contributed by atoms with van der Waals surface area (Å²) in [4.78, 5) is 4.19. The lowest BCUT2D eigenvalue weighted by molar-refractivity contribution is 0.404. The number of methoxy groups -OCH3 is 1. The Labute approximate surface area is 121 Å². The van der Waals surface area contributed by atoms with Crippen LogP contribution in [0.15, 0.2) is 28.9 Å². The van der Waals surface area contributed by atoms with Crippen LogP contribution in [0, 0.1) is 6.92 Å². The predicted octanol–water partition coefficient (Wildman–Crippen LogP) is 2.91. The minimum absolute atomic E-state index is 0.226.